The van der Waals surface area contributed by atoms with Gasteiger partial charge in [0.15, 0.2) is 11.5 Å². The van der Waals surface area contributed by atoms with Gasteiger partial charge in [0.1, 0.15) is 5.75 Å². The first-order valence-electron chi connectivity index (χ1n) is 10.5. The van der Waals surface area contributed by atoms with Crippen LogP contribution in [0.4, 0.5) is 10.5 Å². The average Bonchev–Trinajstić information content (AvgIpc) is 2.80. The first-order chi connectivity index (χ1) is 16.1. The van der Waals surface area contributed by atoms with Crippen LogP contribution in [0.25, 0.3) is 11.1 Å². The molecular formula is C25H26N3NaO6. The minimum atomic E-state index is -1.13. The predicted octanol–water partition coefficient (Wildman–Crippen LogP) is 2.96. The van der Waals surface area contributed by atoms with E-state index in [2.05, 4.69) is 10.6 Å². The maximum absolute atomic E-state index is 12.7. The Morgan fingerprint density at radius 3 is 2.31 bits per heavy atom. The number of carboxylic acid groups (broad SMARTS) is 1. The standard InChI is InChI=1S/C25H25N3O6.Na.H/c1-14-13-28(3)24(33)22(23(14)32)27-25(34)26-20(12-21(30)31)19-6-4-5-18(11-19)17-9-7-16(8-10-17)15(2)29;;/h4-11,13,20,32H,12H2,1-3H3,(H,30,31)(H2,26,27,34);;. The van der Waals surface area contributed by atoms with E-state index in [4.69, 9.17) is 0 Å². The van der Waals surface area contributed by atoms with Crippen LogP contribution in [0.3, 0.4) is 0 Å². The van der Waals surface area contributed by atoms with Crippen LogP contribution in [0, 0.1) is 6.92 Å². The van der Waals surface area contributed by atoms with Crippen LogP contribution in [0.2, 0.25) is 0 Å². The van der Waals surface area contributed by atoms with Gasteiger partial charge in [-0.25, -0.2) is 4.79 Å². The van der Waals surface area contributed by atoms with Gasteiger partial charge in [0.2, 0.25) is 0 Å². The number of carbonyl (C=O) groups excluding carboxylic acids is 2. The van der Waals surface area contributed by atoms with Gasteiger partial charge in [-0.05, 0) is 36.6 Å². The summed E-state index contributed by atoms with van der Waals surface area (Å²) >= 11 is 0. The maximum atomic E-state index is 12.7. The Balaban J connectivity index is 0.00000432. The number of aryl methyl sites for hydroxylation is 2. The number of carbonyl (C=O) groups is 3. The summed E-state index contributed by atoms with van der Waals surface area (Å²) in [6.45, 7) is 3.06. The number of nitrogens with one attached hydrogen (secondary N) is 2. The third kappa shape index (κ3) is 6.82. The molecular weight excluding hydrogens is 461 g/mol. The second-order valence-corrected chi connectivity index (χ2v) is 7.96. The van der Waals surface area contributed by atoms with E-state index in [0.717, 1.165) is 11.1 Å². The number of aromatic hydroxyl groups is 1. The van der Waals surface area contributed by atoms with E-state index in [0.29, 0.717) is 16.7 Å². The van der Waals surface area contributed by atoms with Gasteiger partial charge in [-0.3, -0.25) is 14.4 Å². The van der Waals surface area contributed by atoms with Crippen molar-refractivity contribution in [3.8, 4) is 16.9 Å². The molecule has 2 amide bonds. The number of aromatic nitrogens is 1. The van der Waals surface area contributed by atoms with E-state index in [1.54, 1.807) is 49.4 Å². The number of aliphatic carboxylic acids is 1. The zero-order valence-electron chi connectivity index (χ0n) is 19.0. The van der Waals surface area contributed by atoms with E-state index in [-0.39, 0.29) is 46.8 Å². The van der Waals surface area contributed by atoms with Crippen molar-refractivity contribution in [1.29, 1.82) is 0 Å². The third-order valence-corrected chi connectivity index (χ3v) is 5.37. The van der Waals surface area contributed by atoms with Crippen molar-refractivity contribution < 1.29 is 24.6 Å². The Hall–Kier alpha value is -3.40. The monoisotopic (exact) mass is 487 g/mol. The Labute approximate surface area is 224 Å². The van der Waals surface area contributed by atoms with Gasteiger partial charge in [0, 0.05) is 24.4 Å². The second-order valence-electron chi connectivity index (χ2n) is 7.96. The molecule has 0 spiro atoms. The number of Topliss-reactive ketones (excluding diaryl/α,β-unsaturated/α-hetero) is 1. The van der Waals surface area contributed by atoms with Crippen LogP contribution in [-0.2, 0) is 11.8 Å². The van der Waals surface area contributed by atoms with Gasteiger partial charge < -0.3 is 25.4 Å². The van der Waals surface area contributed by atoms with Crippen LogP contribution in [0.5, 0.6) is 5.75 Å². The van der Waals surface area contributed by atoms with Crippen molar-refractivity contribution in [3.63, 3.8) is 0 Å². The summed E-state index contributed by atoms with van der Waals surface area (Å²) in [6.07, 6.45) is 1.03. The van der Waals surface area contributed by atoms with Gasteiger partial charge >= 0.3 is 41.6 Å². The normalized spacial score (nSPS) is 11.2. The van der Waals surface area contributed by atoms with Crippen LogP contribution in [0.15, 0.2) is 59.5 Å². The van der Waals surface area contributed by atoms with Gasteiger partial charge in [0.05, 0.1) is 12.5 Å². The number of nitrogens with zero attached hydrogens (tertiary/aromatic N) is 1. The van der Waals surface area contributed by atoms with Crippen molar-refractivity contribution >= 4 is 53.0 Å². The molecule has 2 aromatic carbocycles. The summed E-state index contributed by atoms with van der Waals surface area (Å²) < 4.78 is 1.22. The summed E-state index contributed by atoms with van der Waals surface area (Å²) in [6, 6.07) is 12.3. The van der Waals surface area contributed by atoms with Gasteiger partial charge in [0.25, 0.3) is 5.56 Å². The number of pyridine rings is 1. The van der Waals surface area contributed by atoms with Crippen LogP contribution in [-0.4, -0.2) is 62.1 Å². The molecule has 0 bridgehead atoms. The molecule has 0 aliphatic carbocycles. The van der Waals surface area contributed by atoms with Gasteiger partial charge in [-0.2, -0.15) is 0 Å². The quantitative estimate of drug-likeness (QED) is 0.299. The molecule has 1 unspecified atom stereocenters. The number of benzene rings is 2. The van der Waals surface area contributed by atoms with E-state index in [1.165, 1.54) is 24.7 Å². The molecule has 0 aliphatic rings. The van der Waals surface area contributed by atoms with Crippen molar-refractivity contribution in [1.82, 2.24) is 9.88 Å². The Bertz CT molecular complexity index is 1320. The van der Waals surface area contributed by atoms with Gasteiger partial charge in [-0.15, -0.1) is 0 Å². The number of urea groups is 1. The molecule has 1 heterocycles. The molecule has 0 saturated heterocycles. The van der Waals surface area contributed by atoms with Crippen LogP contribution >= 0.6 is 0 Å². The van der Waals surface area contributed by atoms with Crippen LogP contribution < -0.4 is 16.2 Å². The number of rotatable bonds is 7. The number of hydrogen-bond donors (Lipinski definition) is 4. The molecule has 0 saturated carbocycles. The number of carboxylic acids is 1. The molecule has 10 heteroatoms. The minimum absolute atomic E-state index is 0. The molecule has 0 aliphatic heterocycles. The number of amides is 2. The molecule has 3 aromatic rings. The fourth-order valence-electron chi connectivity index (χ4n) is 3.56. The van der Waals surface area contributed by atoms with E-state index in [9.17, 15) is 29.4 Å². The SMILES string of the molecule is CC(=O)c1ccc(-c2cccc(C(CC(=O)O)NC(=O)Nc3c(O)c(C)cn(C)c3=O)c2)cc1.[NaH]. The summed E-state index contributed by atoms with van der Waals surface area (Å²) in [5.74, 6) is -1.54. The Morgan fingerprint density at radius 1 is 1.06 bits per heavy atom. The fraction of sp³-hybridized carbons (Fsp3) is 0.200. The third-order valence-electron chi connectivity index (χ3n) is 5.37. The summed E-state index contributed by atoms with van der Waals surface area (Å²) in [4.78, 5) is 48.0. The molecule has 0 radical (unpaired) electrons. The summed E-state index contributed by atoms with van der Waals surface area (Å²) in [5.41, 5.74) is 2.19. The Morgan fingerprint density at radius 2 is 1.71 bits per heavy atom. The van der Waals surface area contributed by atoms with Crippen molar-refractivity contribution in [3.05, 3.63) is 81.8 Å². The van der Waals surface area contributed by atoms with E-state index < -0.39 is 30.0 Å². The number of anilines is 1. The zero-order chi connectivity index (χ0) is 25.0. The molecule has 3 rings (SSSR count). The topological polar surface area (TPSA) is 138 Å². The molecule has 1 aromatic heterocycles. The molecule has 0 fully saturated rings. The molecule has 4 N–H and O–H groups in total. The number of ketones is 1. The number of hydrogen-bond acceptors (Lipinski definition) is 5. The second kappa shape index (κ2) is 11.8. The average molecular weight is 487 g/mol. The summed E-state index contributed by atoms with van der Waals surface area (Å²) in [7, 11) is 1.49. The fourth-order valence-corrected chi connectivity index (χ4v) is 3.56. The zero-order valence-corrected chi connectivity index (χ0v) is 19.0. The van der Waals surface area contributed by atoms with Crippen molar-refractivity contribution in [2.45, 2.75) is 26.3 Å². The van der Waals surface area contributed by atoms with E-state index in [1.807, 2.05) is 6.07 Å². The van der Waals surface area contributed by atoms with Crippen molar-refractivity contribution in [2.75, 3.05) is 5.32 Å². The van der Waals surface area contributed by atoms with Crippen LogP contribution in [0.1, 0.15) is 40.9 Å². The first-order valence-corrected chi connectivity index (χ1v) is 10.5. The Kier molecular flexibility index (Phi) is 9.41. The van der Waals surface area contributed by atoms with Crippen molar-refractivity contribution in [2.24, 2.45) is 7.05 Å². The molecule has 9 nitrogen and oxygen atoms in total. The van der Waals surface area contributed by atoms with Gasteiger partial charge in [-0.1, -0.05) is 42.5 Å². The molecule has 178 valence electrons. The molecule has 1 atom stereocenters. The van der Waals surface area contributed by atoms with E-state index >= 15 is 0 Å². The molecule has 35 heavy (non-hydrogen) atoms. The summed E-state index contributed by atoms with van der Waals surface area (Å²) in [5, 5.41) is 24.5. The first kappa shape index (κ1) is 27.8. The predicted molar refractivity (Wildman–Crippen MR) is 134 cm³/mol.